The van der Waals surface area contributed by atoms with Crippen LogP contribution in [-0.4, -0.2) is 66.5 Å². The summed E-state index contributed by atoms with van der Waals surface area (Å²) in [6, 6.07) is 8.19. The van der Waals surface area contributed by atoms with Crippen LogP contribution in [0.5, 0.6) is 5.75 Å². The lowest BCUT2D eigenvalue weighted by Gasteiger charge is -2.37. The summed E-state index contributed by atoms with van der Waals surface area (Å²) >= 11 is 0. The van der Waals surface area contributed by atoms with Crippen molar-refractivity contribution in [2.75, 3.05) is 37.6 Å². The Morgan fingerprint density at radius 2 is 1.81 bits per heavy atom. The van der Waals surface area contributed by atoms with Crippen LogP contribution in [0, 0.1) is 0 Å². The van der Waals surface area contributed by atoms with Crippen molar-refractivity contribution in [3.05, 3.63) is 24.3 Å². The van der Waals surface area contributed by atoms with Crippen LogP contribution in [0.4, 0.5) is 5.69 Å². The van der Waals surface area contributed by atoms with E-state index < -0.39 is 6.10 Å². The van der Waals surface area contributed by atoms with E-state index in [1.54, 1.807) is 11.8 Å². The van der Waals surface area contributed by atoms with E-state index in [1.807, 2.05) is 29.2 Å². The second kappa shape index (κ2) is 7.89. The number of fused-ring (bicyclic) bond motifs is 1. The van der Waals surface area contributed by atoms with Crippen LogP contribution in [-0.2, 0) is 9.59 Å². The molecule has 6 heteroatoms. The summed E-state index contributed by atoms with van der Waals surface area (Å²) in [5.41, 5.74) is 0.765. The average molecular weight is 371 g/mol. The van der Waals surface area contributed by atoms with Crippen molar-refractivity contribution in [1.29, 1.82) is 0 Å². The summed E-state index contributed by atoms with van der Waals surface area (Å²) in [5.74, 6) is 0.789. The molecule has 2 saturated heterocycles. The smallest absolute Gasteiger partial charge is 0.267 e. The molecule has 6 nitrogen and oxygen atoms in total. The Kier molecular flexibility index (Phi) is 5.34. The molecular formula is C21H29N3O3. The van der Waals surface area contributed by atoms with Crippen LogP contribution >= 0.6 is 0 Å². The minimum absolute atomic E-state index is 0.0748. The fourth-order valence-electron chi connectivity index (χ4n) is 4.54. The molecule has 27 heavy (non-hydrogen) atoms. The van der Waals surface area contributed by atoms with E-state index >= 15 is 0 Å². The van der Waals surface area contributed by atoms with E-state index in [4.69, 9.17) is 4.74 Å². The summed E-state index contributed by atoms with van der Waals surface area (Å²) in [7, 11) is 0. The van der Waals surface area contributed by atoms with Crippen LogP contribution in [0.25, 0.3) is 0 Å². The summed E-state index contributed by atoms with van der Waals surface area (Å²) in [5, 5.41) is 0. The molecule has 1 atom stereocenters. The van der Waals surface area contributed by atoms with Gasteiger partial charge in [-0.15, -0.1) is 0 Å². The monoisotopic (exact) mass is 371 g/mol. The second-order valence-corrected chi connectivity index (χ2v) is 7.82. The van der Waals surface area contributed by atoms with E-state index in [0.717, 1.165) is 31.6 Å². The molecule has 0 aromatic heterocycles. The first kappa shape index (κ1) is 18.3. The van der Waals surface area contributed by atoms with E-state index in [9.17, 15) is 9.59 Å². The van der Waals surface area contributed by atoms with Crippen LogP contribution in [0.2, 0.25) is 0 Å². The van der Waals surface area contributed by atoms with Crippen molar-refractivity contribution >= 4 is 17.5 Å². The zero-order chi connectivity index (χ0) is 18.8. The number of para-hydroxylation sites is 2. The van der Waals surface area contributed by atoms with Crippen LogP contribution in [0.1, 0.15) is 39.0 Å². The molecule has 1 aromatic carbocycles. The van der Waals surface area contributed by atoms with Crippen molar-refractivity contribution in [3.63, 3.8) is 0 Å². The van der Waals surface area contributed by atoms with Gasteiger partial charge in [0.2, 0.25) is 5.91 Å². The van der Waals surface area contributed by atoms with Crippen molar-refractivity contribution < 1.29 is 14.3 Å². The minimum atomic E-state index is -0.508. The lowest BCUT2D eigenvalue weighted by molar-refractivity contribution is -0.132. The SMILES string of the molecule is CC1Oc2ccccc2N(CCC(=O)N2CCC(N3CCCC3)CC2)C1=O. The number of piperidine rings is 1. The Balaban J connectivity index is 1.32. The molecule has 1 unspecified atom stereocenters. The standard InChI is InChI=1S/C21H29N3O3/c1-16-21(26)24(18-6-2-3-7-19(18)27-16)15-10-20(25)23-13-8-17(9-14-23)22-11-4-5-12-22/h2-3,6-7,16-17H,4-5,8-15H2,1H3. The van der Waals surface area contributed by atoms with Gasteiger partial charge in [-0.2, -0.15) is 0 Å². The molecule has 4 rings (SSSR count). The van der Waals surface area contributed by atoms with E-state index in [1.165, 1.54) is 25.9 Å². The Hall–Kier alpha value is -2.08. The highest BCUT2D eigenvalue weighted by Gasteiger charge is 2.32. The lowest BCUT2D eigenvalue weighted by Crippen LogP contribution is -2.48. The average Bonchev–Trinajstić information content (AvgIpc) is 3.23. The van der Waals surface area contributed by atoms with Gasteiger partial charge in [0.05, 0.1) is 5.69 Å². The van der Waals surface area contributed by atoms with Gasteiger partial charge >= 0.3 is 0 Å². The quantitative estimate of drug-likeness (QED) is 0.815. The molecule has 3 aliphatic heterocycles. The second-order valence-electron chi connectivity index (χ2n) is 7.82. The van der Waals surface area contributed by atoms with Crippen LogP contribution in [0.15, 0.2) is 24.3 Å². The summed E-state index contributed by atoms with van der Waals surface area (Å²) in [6.07, 6.45) is 4.62. The zero-order valence-corrected chi connectivity index (χ0v) is 16.1. The maximum atomic E-state index is 12.7. The molecule has 2 amide bonds. The molecule has 3 heterocycles. The normalized spacial score (nSPS) is 24.0. The molecular weight excluding hydrogens is 342 g/mol. The number of likely N-dealkylation sites (tertiary alicyclic amines) is 2. The fourth-order valence-corrected chi connectivity index (χ4v) is 4.54. The van der Waals surface area contributed by atoms with Gasteiger partial charge in [0, 0.05) is 32.1 Å². The number of carbonyl (C=O) groups is 2. The van der Waals surface area contributed by atoms with Crippen LogP contribution in [0.3, 0.4) is 0 Å². The van der Waals surface area contributed by atoms with Gasteiger partial charge in [-0.05, 0) is 57.8 Å². The van der Waals surface area contributed by atoms with Gasteiger partial charge in [-0.25, -0.2) is 0 Å². The topological polar surface area (TPSA) is 53.1 Å². The maximum absolute atomic E-state index is 12.7. The number of hydrogen-bond acceptors (Lipinski definition) is 4. The molecule has 146 valence electrons. The van der Waals surface area contributed by atoms with Gasteiger partial charge < -0.3 is 19.4 Å². The third-order valence-corrected chi connectivity index (χ3v) is 6.10. The van der Waals surface area contributed by atoms with Gasteiger partial charge in [0.15, 0.2) is 6.10 Å². The molecule has 1 aromatic rings. The predicted octanol–water partition coefficient (Wildman–Crippen LogP) is 2.28. The number of benzene rings is 1. The van der Waals surface area contributed by atoms with Crippen molar-refractivity contribution in [2.45, 2.75) is 51.2 Å². The first-order valence-electron chi connectivity index (χ1n) is 10.2. The van der Waals surface area contributed by atoms with E-state index in [0.29, 0.717) is 24.8 Å². The molecule has 2 fully saturated rings. The third kappa shape index (κ3) is 3.81. The third-order valence-electron chi connectivity index (χ3n) is 6.10. The Morgan fingerprint density at radius 3 is 2.56 bits per heavy atom. The fraction of sp³-hybridized carbons (Fsp3) is 0.619. The first-order chi connectivity index (χ1) is 13.1. The highest BCUT2D eigenvalue weighted by Crippen LogP contribution is 2.33. The van der Waals surface area contributed by atoms with Gasteiger partial charge in [-0.1, -0.05) is 12.1 Å². The number of ether oxygens (including phenoxy) is 1. The largest absolute Gasteiger partial charge is 0.479 e. The van der Waals surface area contributed by atoms with Gasteiger partial charge in [0.1, 0.15) is 5.75 Å². The molecule has 0 N–H and O–H groups in total. The lowest BCUT2D eigenvalue weighted by atomic mass is 10.0. The molecule has 0 spiro atoms. The minimum Gasteiger partial charge on any atom is -0.479 e. The van der Waals surface area contributed by atoms with Gasteiger partial charge in [-0.3, -0.25) is 9.59 Å². The highest BCUT2D eigenvalue weighted by molar-refractivity contribution is 6.00. The zero-order valence-electron chi connectivity index (χ0n) is 16.1. The number of hydrogen-bond donors (Lipinski definition) is 0. The van der Waals surface area contributed by atoms with Crippen LogP contribution < -0.4 is 9.64 Å². The number of nitrogens with zero attached hydrogens (tertiary/aromatic N) is 3. The summed E-state index contributed by atoms with van der Waals surface area (Å²) < 4.78 is 5.67. The summed E-state index contributed by atoms with van der Waals surface area (Å²) in [4.78, 5) is 31.5. The van der Waals surface area contributed by atoms with Crippen molar-refractivity contribution in [1.82, 2.24) is 9.80 Å². The Labute approximate surface area is 161 Å². The molecule has 0 aliphatic carbocycles. The van der Waals surface area contributed by atoms with E-state index in [-0.39, 0.29) is 11.8 Å². The summed E-state index contributed by atoms with van der Waals surface area (Å²) in [6.45, 7) is 6.28. The maximum Gasteiger partial charge on any atom is 0.267 e. The van der Waals surface area contributed by atoms with Crippen molar-refractivity contribution in [3.8, 4) is 5.75 Å². The molecule has 0 bridgehead atoms. The molecule has 0 saturated carbocycles. The Morgan fingerprint density at radius 1 is 1.11 bits per heavy atom. The van der Waals surface area contributed by atoms with E-state index in [2.05, 4.69) is 4.90 Å². The number of rotatable bonds is 4. The number of carbonyl (C=O) groups excluding carboxylic acids is 2. The molecule has 3 aliphatic rings. The highest BCUT2D eigenvalue weighted by atomic mass is 16.5. The first-order valence-corrected chi connectivity index (χ1v) is 10.2. The van der Waals surface area contributed by atoms with Crippen molar-refractivity contribution in [2.24, 2.45) is 0 Å². The molecule has 0 radical (unpaired) electrons. The van der Waals surface area contributed by atoms with Gasteiger partial charge in [0.25, 0.3) is 5.91 Å². The number of amides is 2. The number of anilines is 1. The predicted molar refractivity (Wildman–Crippen MR) is 104 cm³/mol. The Bertz CT molecular complexity index is 694.